The van der Waals surface area contributed by atoms with Gasteiger partial charge in [-0.15, -0.1) is 0 Å². The van der Waals surface area contributed by atoms with Crippen molar-refractivity contribution in [1.29, 1.82) is 0 Å². The van der Waals surface area contributed by atoms with Gasteiger partial charge in [0.15, 0.2) is 0 Å². The molecule has 1 N–H and O–H groups in total. The first-order valence-corrected chi connectivity index (χ1v) is 8.17. The number of hydrogen-bond acceptors (Lipinski definition) is 3. The zero-order chi connectivity index (χ0) is 16.9. The fourth-order valence-electron chi connectivity index (χ4n) is 3.65. The zero-order valence-electron chi connectivity index (χ0n) is 13.1. The third-order valence-corrected chi connectivity index (χ3v) is 5.18. The molecule has 1 aromatic heterocycles. The number of fused-ring (bicyclic) bond motifs is 1. The van der Waals surface area contributed by atoms with Gasteiger partial charge in [0.05, 0.1) is 6.54 Å². The number of aromatic nitrogens is 3. The van der Waals surface area contributed by atoms with Crippen LogP contribution in [0.25, 0.3) is 0 Å². The molecule has 0 spiro atoms. The summed E-state index contributed by atoms with van der Waals surface area (Å²) in [7, 11) is 0. The highest BCUT2D eigenvalue weighted by atomic mass is 19.1. The molecule has 2 heterocycles. The maximum Gasteiger partial charge on any atom is 0.346 e. The van der Waals surface area contributed by atoms with E-state index in [9.17, 15) is 19.1 Å². The van der Waals surface area contributed by atoms with E-state index in [1.807, 2.05) is 0 Å². The first kappa shape index (κ1) is 15.1. The summed E-state index contributed by atoms with van der Waals surface area (Å²) in [4.78, 5) is 24.1. The van der Waals surface area contributed by atoms with Crippen LogP contribution in [0.3, 0.4) is 0 Å². The van der Waals surface area contributed by atoms with Crippen LogP contribution >= 0.6 is 0 Å². The minimum absolute atomic E-state index is 0.194. The molecule has 0 amide bonds. The second-order valence-corrected chi connectivity index (χ2v) is 6.76. The molecular weight excluding hydrogens is 313 g/mol. The Balaban J connectivity index is 1.68. The van der Waals surface area contributed by atoms with Crippen molar-refractivity contribution in [3.05, 3.63) is 52.0 Å². The number of benzene rings is 1. The number of rotatable bonds is 4. The number of carboxylic acid groups (broad SMARTS) is 1. The summed E-state index contributed by atoms with van der Waals surface area (Å²) in [5.74, 6) is -0.723. The summed E-state index contributed by atoms with van der Waals surface area (Å²) in [6.45, 7) is 0.407. The molecule has 7 heteroatoms. The van der Waals surface area contributed by atoms with E-state index >= 15 is 0 Å². The van der Waals surface area contributed by atoms with E-state index in [0.29, 0.717) is 25.2 Å². The number of halogens is 1. The van der Waals surface area contributed by atoms with Crippen LogP contribution in [0.1, 0.15) is 43.1 Å². The quantitative estimate of drug-likeness (QED) is 0.928. The summed E-state index contributed by atoms with van der Waals surface area (Å²) >= 11 is 0. The summed E-state index contributed by atoms with van der Waals surface area (Å²) in [5, 5.41) is 13.7. The SMILES string of the molecule is O=C(O)[C@H]1CCCc2nn(CC3(c4ccc(F)cc4)CC3)c(=O)n21. The van der Waals surface area contributed by atoms with Crippen LogP contribution in [0.4, 0.5) is 4.39 Å². The molecule has 1 aliphatic carbocycles. The van der Waals surface area contributed by atoms with Crippen molar-refractivity contribution in [3.8, 4) is 0 Å². The molecule has 1 saturated carbocycles. The lowest BCUT2D eigenvalue weighted by atomic mass is 9.96. The van der Waals surface area contributed by atoms with E-state index in [1.54, 1.807) is 12.1 Å². The summed E-state index contributed by atoms with van der Waals surface area (Å²) < 4.78 is 15.9. The predicted octanol–water partition coefficient (Wildman–Crippen LogP) is 1.88. The highest BCUT2D eigenvalue weighted by molar-refractivity contribution is 5.72. The molecule has 126 valence electrons. The third kappa shape index (κ3) is 2.35. The maximum atomic E-state index is 13.1. The summed E-state index contributed by atoms with van der Waals surface area (Å²) in [6.07, 6.45) is 3.62. The molecule has 0 saturated heterocycles. The van der Waals surface area contributed by atoms with Gasteiger partial charge in [-0.1, -0.05) is 12.1 Å². The Morgan fingerprint density at radius 2 is 2.04 bits per heavy atom. The van der Waals surface area contributed by atoms with Crippen LogP contribution < -0.4 is 5.69 Å². The van der Waals surface area contributed by atoms with Crippen molar-refractivity contribution >= 4 is 5.97 Å². The summed E-state index contributed by atoms with van der Waals surface area (Å²) in [6, 6.07) is 5.54. The maximum absolute atomic E-state index is 13.1. The van der Waals surface area contributed by atoms with Crippen LogP contribution in [0.5, 0.6) is 0 Å². The first-order chi connectivity index (χ1) is 11.5. The van der Waals surface area contributed by atoms with Gasteiger partial charge in [0, 0.05) is 11.8 Å². The molecule has 0 radical (unpaired) electrons. The first-order valence-electron chi connectivity index (χ1n) is 8.17. The van der Waals surface area contributed by atoms with Gasteiger partial charge in [0.1, 0.15) is 17.7 Å². The Morgan fingerprint density at radius 1 is 1.33 bits per heavy atom. The molecule has 1 fully saturated rings. The van der Waals surface area contributed by atoms with Crippen LogP contribution in [0.15, 0.2) is 29.1 Å². The van der Waals surface area contributed by atoms with Crippen molar-refractivity contribution < 1.29 is 14.3 Å². The standard InChI is InChI=1S/C17H18FN3O3/c18-12-6-4-11(5-7-12)17(8-9-17)10-20-16(24)21-13(15(22)23)2-1-3-14(21)19-20/h4-7,13H,1-3,8-10H2,(H,22,23)/t13-/m1/s1. The van der Waals surface area contributed by atoms with Crippen LogP contribution in [0.2, 0.25) is 0 Å². The Kier molecular flexibility index (Phi) is 3.33. The Morgan fingerprint density at radius 3 is 2.67 bits per heavy atom. The Bertz CT molecular complexity index is 849. The number of carboxylic acids is 1. The molecule has 0 bridgehead atoms. The molecule has 24 heavy (non-hydrogen) atoms. The van der Waals surface area contributed by atoms with Crippen LogP contribution in [-0.2, 0) is 23.2 Å². The zero-order valence-corrected chi connectivity index (χ0v) is 13.1. The topological polar surface area (TPSA) is 77.1 Å². The third-order valence-electron chi connectivity index (χ3n) is 5.18. The van der Waals surface area contributed by atoms with Crippen molar-refractivity contribution in [1.82, 2.24) is 14.3 Å². The number of carbonyl (C=O) groups is 1. The highest BCUT2D eigenvalue weighted by Crippen LogP contribution is 2.49. The van der Waals surface area contributed by atoms with Gasteiger partial charge < -0.3 is 5.11 Å². The van der Waals surface area contributed by atoms with Crippen LogP contribution in [0, 0.1) is 5.82 Å². The average molecular weight is 331 g/mol. The van der Waals surface area contributed by atoms with Gasteiger partial charge in [-0.05, 0) is 43.4 Å². The van der Waals surface area contributed by atoms with Crippen molar-refractivity contribution in [2.24, 2.45) is 0 Å². The fraction of sp³-hybridized carbons (Fsp3) is 0.471. The lowest BCUT2D eigenvalue weighted by Gasteiger charge is -2.19. The van der Waals surface area contributed by atoms with Crippen molar-refractivity contribution in [2.75, 3.05) is 0 Å². The van der Waals surface area contributed by atoms with E-state index in [-0.39, 0.29) is 16.9 Å². The summed E-state index contributed by atoms with van der Waals surface area (Å²) in [5.41, 5.74) is 0.447. The molecule has 1 aromatic carbocycles. The molecule has 1 atom stereocenters. The second kappa shape index (κ2) is 5.29. The molecule has 2 aromatic rings. The van der Waals surface area contributed by atoms with E-state index in [1.165, 1.54) is 21.4 Å². The van der Waals surface area contributed by atoms with Crippen molar-refractivity contribution in [3.63, 3.8) is 0 Å². The van der Waals surface area contributed by atoms with Gasteiger partial charge >= 0.3 is 11.7 Å². The lowest BCUT2D eigenvalue weighted by molar-refractivity contribution is -0.141. The van der Waals surface area contributed by atoms with Gasteiger partial charge in [-0.2, -0.15) is 5.10 Å². The normalized spacial score (nSPS) is 21.3. The lowest BCUT2D eigenvalue weighted by Crippen LogP contribution is -2.35. The molecule has 6 nitrogen and oxygen atoms in total. The van der Waals surface area contributed by atoms with Gasteiger partial charge in [0.2, 0.25) is 0 Å². The molecule has 1 aliphatic heterocycles. The fourth-order valence-corrected chi connectivity index (χ4v) is 3.65. The Labute approximate surface area is 137 Å². The monoisotopic (exact) mass is 331 g/mol. The number of aliphatic carboxylic acids is 1. The van der Waals surface area contributed by atoms with Crippen molar-refractivity contribution in [2.45, 2.75) is 50.1 Å². The van der Waals surface area contributed by atoms with E-state index in [2.05, 4.69) is 5.10 Å². The number of nitrogens with zero attached hydrogens (tertiary/aromatic N) is 3. The highest BCUT2D eigenvalue weighted by Gasteiger charge is 2.45. The van der Waals surface area contributed by atoms with Gasteiger partial charge in [-0.25, -0.2) is 18.7 Å². The largest absolute Gasteiger partial charge is 0.480 e. The smallest absolute Gasteiger partial charge is 0.346 e. The molecule has 4 rings (SSSR count). The second-order valence-electron chi connectivity index (χ2n) is 6.76. The minimum Gasteiger partial charge on any atom is -0.480 e. The predicted molar refractivity (Wildman–Crippen MR) is 83.4 cm³/mol. The Hall–Kier alpha value is -2.44. The molecule has 2 aliphatic rings. The van der Waals surface area contributed by atoms with Gasteiger partial charge in [0.25, 0.3) is 0 Å². The van der Waals surface area contributed by atoms with Crippen LogP contribution in [-0.4, -0.2) is 25.4 Å². The number of aryl methyl sites for hydroxylation is 1. The minimum atomic E-state index is -0.989. The average Bonchev–Trinajstić information content (AvgIpc) is 3.27. The van der Waals surface area contributed by atoms with Gasteiger partial charge in [-0.3, -0.25) is 4.57 Å². The molecule has 0 unspecified atom stereocenters. The van der Waals surface area contributed by atoms with E-state index in [0.717, 1.165) is 24.8 Å². The number of hydrogen-bond donors (Lipinski definition) is 1. The van der Waals surface area contributed by atoms with E-state index < -0.39 is 12.0 Å². The molecular formula is C17H18FN3O3. The van der Waals surface area contributed by atoms with E-state index in [4.69, 9.17) is 0 Å².